The summed E-state index contributed by atoms with van der Waals surface area (Å²) in [6.07, 6.45) is 6.82. The minimum atomic E-state index is 0.357. The third kappa shape index (κ3) is 1.40. The van der Waals surface area contributed by atoms with Crippen molar-refractivity contribution < 1.29 is 0 Å². The summed E-state index contributed by atoms with van der Waals surface area (Å²) in [7, 11) is 0. The van der Waals surface area contributed by atoms with Crippen molar-refractivity contribution in [1.82, 2.24) is 4.90 Å². The van der Waals surface area contributed by atoms with Crippen molar-refractivity contribution in [2.45, 2.75) is 57.5 Å². The highest BCUT2D eigenvalue weighted by atomic mass is 15.3. The Morgan fingerprint density at radius 1 is 1.29 bits per heavy atom. The van der Waals surface area contributed by atoms with Crippen molar-refractivity contribution in [1.29, 1.82) is 0 Å². The van der Waals surface area contributed by atoms with Crippen molar-refractivity contribution in [3.63, 3.8) is 0 Å². The first-order valence-electron chi connectivity index (χ1n) is 6.17. The van der Waals surface area contributed by atoms with E-state index in [0.29, 0.717) is 5.54 Å². The molecular weight excluding hydrogens is 172 g/mol. The average molecular weight is 196 g/mol. The first-order valence-corrected chi connectivity index (χ1v) is 6.17. The largest absolute Gasteiger partial charge is 0.329 e. The van der Waals surface area contributed by atoms with E-state index in [1.165, 1.54) is 38.6 Å². The Hall–Kier alpha value is -0.0800. The fourth-order valence-electron chi connectivity index (χ4n) is 3.67. The zero-order chi connectivity index (χ0) is 10.2. The minimum Gasteiger partial charge on any atom is -0.329 e. The topological polar surface area (TPSA) is 29.3 Å². The van der Waals surface area contributed by atoms with Gasteiger partial charge in [0.1, 0.15) is 0 Å². The Morgan fingerprint density at radius 3 is 2.50 bits per heavy atom. The second-order valence-electron chi connectivity index (χ2n) is 5.29. The van der Waals surface area contributed by atoms with Gasteiger partial charge >= 0.3 is 0 Å². The first-order chi connectivity index (χ1) is 6.70. The quantitative estimate of drug-likeness (QED) is 0.732. The predicted molar refractivity (Wildman–Crippen MR) is 60.2 cm³/mol. The van der Waals surface area contributed by atoms with E-state index in [1.54, 1.807) is 0 Å². The van der Waals surface area contributed by atoms with Crippen LogP contribution in [0.1, 0.15) is 46.0 Å². The Balaban J connectivity index is 2.18. The van der Waals surface area contributed by atoms with Gasteiger partial charge in [-0.05, 0) is 45.1 Å². The molecule has 3 atom stereocenters. The van der Waals surface area contributed by atoms with Gasteiger partial charge < -0.3 is 5.73 Å². The molecule has 2 N–H and O–H groups in total. The Labute approximate surface area is 87.8 Å². The molecule has 0 bridgehead atoms. The van der Waals surface area contributed by atoms with Gasteiger partial charge in [-0.1, -0.05) is 13.3 Å². The van der Waals surface area contributed by atoms with Crippen LogP contribution in [-0.2, 0) is 0 Å². The SMILES string of the molecule is CC1CCCN1C1(CN)CCCC1C. The Kier molecular flexibility index (Phi) is 2.85. The third-order valence-electron chi connectivity index (χ3n) is 4.64. The molecule has 0 amide bonds. The fourth-order valence-corrected chi connectivity index (χ4v) is 3.67. The van der Waals surface area contributed by atoms with Crippen LogP contribution in [0.25, 0.3) is 0 Å². The molecule has 1 saturated heterocycles. The molecule has 2 rings (SSSR count). The summed E-state index contributed by atoms with van der Waals surface area (Å²) in [6, 6.07) is 0.763. The van der Waals surface area contributed by atoms with E-state index in [2.05, 4.69) is 18.7 Å². The molecule has 1 aliphatic heterocycles. The lowest BCUT2D eigenvalue weighted by atomic mass is 9.86. The lowest BCUT2D eigenvalue weighted by molar-refractivity contribution is 0.0578. The number of hydrogen-bond donors (Lipinski definition) is 1. The number of likely N-dealkylation sites (tertiary alicyclic amines) is 1. The van der Waals surface area contributed by atoms with Gasteiger partial charge in [0.15, 0.2) is 0 Å². The molecule has 2 nitrogen and oxygen atoms in total. The second-order valence-corrected chi connectivity index (χ2v) is 5.29. The molecule has 1 aliphatic carbocycles. The van der Waals surface area contributed by atoms with Gasteiger partial charge in [-0.3, -0.25) is 4.90 Å². The van der Waals surface area contributed by atoms with Crippen molar-refractivity contribution in [3.05, 3.63) is 0 Å². The molecule has 0 aromatic carbocycles. The zero-order valence-electron chi connectivity index (χ0n) is 9.63. The standard InChI is InChI=1S/C12H24N2/c1-10-5-3-7-12(10,9-13)14-8-4-6-11(14)2/h10-11H,3-9,13H2,1-2H3. The number of nitrogens with zero attached hydrogens (tertiary/aromatic N) is 1. The molecule has 14 heavy (non-hydrogen) atoms. The van der Waals surface area contributed by atoms with E-state index in [1.807, 2.05) is 0 Å². The van der Waals surface area contributed by atoms with Gasteiger partial charge in [-0.2, -0.15) is 0 Å². The van der Waals surface area contributed by atoms with Crippen LogP contribution in [0.2, 0.25) is 0 Å². The molecule has 3 unspecified atom stereocenters. The summed E-state index contributed by atoms with van der Waals surface area (Å²) in [5.74, 6) is 0.799. The third-order valence-corrected chi connectivity index (χ3v) is 4.64. The van der Waals surface area contributed by atoms with Crippen molar-refractivity contribution >= 4 is 0 Å². The molecule has 0 spiro atoms. The lowest BCUT2D eigenvalue weighted by Crippen LogP contribution is -2.56. The average Bonchev–Trinajstić information content (AvgIpc) is 2.73. The molecule has 2 aliphatic rings. The van der Waals surface area contributed by atoms with Gasteiger partial charge in [-0.15, -0.1) is 0 Å². The van der Waals surface area contributed by atoms with Crippen molar-refractivity contribution in [3.8, 4) is 0 Å². The summed E-state index contributed by atoms with van der Waals surface area (Å²) < 4.78 is 0. The molecule has 1 saturated carbocycles. The van der Waals surface area contributed by atoms with E-state index >= 15 is 0 Å². The van der Waals surface area contributed by atoms with Gasteiger partial charge in [0.25, 0.3) is 0 Å². The number of rotatable bonds is 2. The van der Waals surface area contributed by atoms with Crippen LogP contribution in [-0.4, -0.2) is 29.6 Å². The second kappa shape index (κ2) is 3.82. The molecule has 0 aromatic rings. The highest BCUT2D eigenvalue weighted by Gasteiger charge is 2.46. The van der Waals surface area contributed by atoms with E-state index in [9.17, 15) is 0 Å². The minimum absolute atomic E-state index is 0.357. The summed E-state index contributed by atoms with van der Waals surface area (Å²) in [6.45, 7) is 6.90. The smallest absolute Gasteiger partial charge is 0.0360 e. The molecule has 2 heteroatoms. The van der Waals surface area contributed by atoms with E-state index in [4.69, 9.17) is 5.73 Å². The maximum absolute atomic E-state index is 6.06. The van der Waals surface area contributed by atoms with Gasteiger partial charge in [-0.25, -0.2) is 0 Å². The Morgan fingerprint density at radius 2 is 2.07 bits per heavy atom. The molecular formula is C12H24N2. The molecule has 82 valence electrons. The predicted octanol–water partition coefficient (Wildman–Crippen LogP) is 1.99. The van der Waals surface area contributed by atoms with Crippen molar-refractivity contribution in [2.75, 3.05) is 13.1 Å². The first kappa shape index (κ1) is 10.4. The van der Waals surface area contributed by atoms with Gasteiger partial charge in [0, 0.05) is 18.1 Å². The fraction of sp³-hybridized carbons (Fsp3) is 1.00. The van der Waals surface area contributed by atoms with Crippen LogP contribution in [0.5, 0.6) is 0 Å². The van der Waals surface area contributed by atoms with Gasteiger partial charge in [0.05, 0.1) is 0 Å². The van der Waals surface area contributed by atoms with E-state index < -0.39 is 0 Å². The van der Waals surface area contributed by atoms with Crippen molar-refractivity contribution in [2.24, 2.45) is 11.7 Å². The highest BCUT2D eigenvalue weighted by Crippen LogP contribution is 2.42. The number of nitrogens with two attached hydrogens (primary N) is 1. The molecule has 1 heterocycles. The van der Waals surface area contributed by atoms with Crippen LogP contribution >= 0.6 is 0 Å². The molecule has 0 radical (unpaired) electrons. The van der Waals surface area contributed by atoms with Crippen LogP contribution in [0.3, 0.4) is 0 Å². The Bertz CT molecular complexity index is 204. The summed E-state index contributed by atoms with van der Waals surface area (Å²) in [4.78, 5) is 2.71. The summed E-state index contributed by atoms with van der Waals surface area (Å²) in [5, 5.41) is 0. The summed E-state index contributed by atoms with van der Waals surface area (Å²) >= 11 is 0. The summed E-state index contributed by atoms with van der Waals surface area (Å²) in [5.41, 5.74) is 6.42. The maximum atomic E-state index is 6.06. The van der Waals surface area contributed by atoms with Crippen LogP contribution < -0.4 is 5.73 Å². The van der Waals surface area contributed by atoms with E-state index in [-0.39, 0.29) is 0 Å². The monoisotopic (exact) mass is 196 g/mol. The number of hydrogen-bond acceptors (Lipinski definition) is 2. The normalized spacial score (nSPS) is 44.8. The highest BCUT2D eigenvalue weighted by molar-refractivity contribution is 5.03. The van der Waals surface area contributed by atoms with Gasteiger partial charge in [0.2, 0.25) is 0 Å². The van der Waals surface area contributed by atoms with Crippen LogP contribution in [0.15, 0.2) is 0 Å². The molecule has 0 aromatic heterocycles. The zero-order valence-corrected chi connectivity index (χ0v) is 9.63. The van der Waals surface area contributed by atoms with E-state index in [0.717, 1.165) is 18.5 Å². The lowest BCUT2D eigenvalue weighted by Gasteiger charge is -2.44. The van der Waals surface area contributed by atoms with Crippen LogP contribution in [0.4, 0.5) is 0 Å². The van der Waals surface area contributed by atoms with Crippen LogP contribution in [0, 0.1) is 5.92 Å². The maximum Gasteiger partial charge on any atom is 0.0360 e. The molecule has 2 fully saturated rings.